The molecule has 2 aromatic carbocycles. The first-order valence-electron chi connectivity index (χ1n) is 10.4. The number of anilines is 2. The molecule has 0 unspecified atom stereocenters. The Bertz CT molecular complexity index is 846. The average molecular weight is 411 g/mol. The summed E-state index contributed by atoms with van der Waals surface area (Å²) >= 11 is 0. The fourth-order valence-electron chi connectivity index (χ4n) is 3.42. The first kappa shape index (κ1) is 21.5. The van der Waals surface area contributed by atoms with Crippen molar-refractivity contribution in [1.82, 2.24) is 10.6 Å². The number of nitrogens with zero attached hydrogens (tertiary/aromatic N) is 1. The molecule has 3 amide bonds. The third-order valence-corrected chi connectivity index (χ3v) is 5.30. The van der Waals surface area contributed by atoms with Crippen LogP contribution in [0.3, 0.4) is 0 Å². The molecular formula is C23H30N4O3. The van der Waals surface area contributed by atoms with Crippen LogP contribution >= 0.6 is 0 Å². The third kappa shape index (κ3) is 6.14. The third-order valence-electron chi connectivity index (χ3n) is 5.30. The summed E-state index contributed by atoms with van der Waals surface area (Å²) in [4.78, 5) is 26.6. The van der Waals surface area contributed by atoms with E-state index in [9.17, 15) is 9.59 Å². The number of hydrogen-bond donors (Lipinski definition) is 3. The zero-order valence-corrected chi connectivity index (χ0v) is 17.6. The minimum absolute atomic E-state index is 0.209. The van der Waals surface area contributed by atoms with Gasteiger partial charge in [0.1, 0.15) is 5.75 Å². The molecule has 160 valence electrons. The molecule has 0 atom stereocenters. The first-order chi connectivity index (χ1) is 14.5. The number of amides is 3. The maximum atomic E-state index is 12.1. The number of nitrogens with one attached hydrogen (secondary N) is 3. The van der Waals surface area contributed by atoms with E-state index < -0.39 is 0 Å². The second kappa shape index (κ2) is 10.5. The highest BCUT2D eigenvalue weighted by Crippen LogP contribution is 2.24. The van der Waals surface area contributed by atoms with Crippen molar-refractivity contribution in [1.29, 1.82) is 0 Å². The zero-order valence-electron chi connectivity index (χ0n) is 17.6. The molecule has 0 radical (unpaired) electrons. The summed E-state index contributed by atoms with van der Waals surface area (Å²) in [6.45, 7) is 5.11. The van der Waals surface area contributed by atoms with E-state index in [4.69, 9.17) is 4.74 Å². The van der Waals surface area contributed by atoms with E-state index in [1.54, 1.807) is 31.4 Å². The van der Waals surface area contributed by atoms with Crippen LogP contribution in [0.5, 0.6) is 5.75 Å². The molecule has 0 spiro atoms. The van der Waals surface area contributed by atoms with Crippen LogP contribution in [0.2, 0.25) is 0 Å². The van der Waals surface area contributed by atoms with Crippen molar-refractivity contribution in [2.24, 2.45) is 5.92 Å². The van der Waals surface area contributed by atoms with Crippen molar-refractivity contribution < 1.29 is 14.3 Å². The summed E-state index contributed by atoms with van der Waals surface area (Å²) in [5.74, 6) is 1.21. The van der Waals surface area contributed by atoms with Gasteiger partial charge in [0.25, 0.3) is 5.91 Å². The highest BCUT2D eigenvalue weighted by atomic mass is 16.5. The first-order valence-corrected chi connectivity index (χ1v) is 10.4. The summed E-state index contributed by atoms with van der Waals surface area (Å²) in [5.41, 5.74) is 2.44. The summed E-state index contributed by atoms with van der Waals surface area (Å²) < 4.78 is 5.12. The molecule has 0 aliphatic carbocycles. The van der Waals surface area contributed by atoms with Crippen molar-refractivity contribution in [3.05, 3.63) is 54.1 Å². The maximum absolute atomic E-state index is 12.1. The number of carbonyl (C=O) groups is 2. The maximum Gasteiger partial charge on any atom is 0.319 e. The quantitative estimate of drug-likeness (QED) is 0.611. The number of benzene rings is 2. The lowest BCUT2D eigenvalue weighted by Crippen LogP contribution is -2.36. The standard InChI is InChI=1S/C23H30N4O3/c1-17-10-14-27(15-11-17)20-8-6-19(7-9-20)26-23(29)25-13-12-24-22(28)18-4-3-5-21(16-18)30-2/h3-9,16-17H,10-15H2,1-2H3,(H,24,28)(H2,25,26,29). The Morgan fingerprint density at radius 2 is 1.73 bits per heavy atom. The fraction of sp³-hybridized carbons (Fsp3) is 0.391. The van der Waals surface area contributed by atoms with Gasteiger partial charge in [-0.05, 0) is 61.2 Å². The molecule has 0 bridgehead atoms. The van der Waals surface area contributed by atoms with Gasteiger partial charge in [-0.3, -0.25) is 4.79 Å². The molecule has 2 aromatic rings. The average Bonchev–Trinajstić information content (AvgIpc) is 2.78. The van der Waals surface area contributed by atoms with Crippen molar-refractivity contribution >= 4 is 23.3 Å². The van der Waals surface area contributed by atoms with Crippen molar-refractivity contribution in [2.75, 3.05) is 43.5 Å². The van der Waals surface area contributed by atoms with E-state index in [2.05, 4.69) is 27.8 Å². The van der Waals surface area contributed by atoms with Gasteiger partial charge in [-0.2, -0.15) is 0 Å². The summed E-state index contributed by atoms with van der Waals surface area (Å²) in [7, 11) is 1.56. The predicted molar refractivity (Wildman–Crippen MR) is 119 cm³/mol. The lowest BCUT2D eigenvalue weighted by Gasteiger charge is -2.32. The smallest absolute Gasteiger partial charge is 0.319 e. The Kier molecular flexibility index (Phi) is 7.54. The van der Waals surface area contributed by atoms with Gasteiger partial charge in [-0.25, -0.2) is 4.79 Å². The number of rotatable bonds is 7. The minimum Gasteiger partial charge on any atom is -0.497 e. The lowest BCUT2D eigenvalue weighted by molar-refractivity contribution is 0.0953. The fourth-order valence-corrected chi connectivity index (χ4v) is 3.42. The second-order valence-corrected chi connectivity index (χ2v) is 7.59. The van der Waals surface area contributed by atoms with Crippen molar-refractivity contribution in [3.63, 3.8) is 0 Å². The lowest BCUT2D eigenvalue weighted by atomic mass is 9.99. The highest BCUT2D eigenvalue weighted by Gasteiger charge is 2.16. The number of piperidine rings is 1. The van der Waals surface area contributed by atoms with Crippen LogP contribution in [0.25, 0.3) is 0 Å². The van der Waals surface area contributed by atoms with Gasteiger partial charge in [0.2, 0.25) is 0 Å². The van der Waals surface area contributed by atoms with Crippen molar-refractivity contribution in [2.45, 2.75) is 19.8 Å². The van der Waals surface area contributed by atoms with Gasteiger partial charge in [-0.15, -0.1) is 0 Å². The molecular weight excluding hydrogens is 380 g/mol. The number of urea groups is 1. The van der Waals surface area contributed by atoms with Crippen LogP contribution < -0.4 is 25.6 Å². The summed E-state index contributed by atoms with van der Waals surface area (Å²) in [6, 6.07) is 14.5. The molecule has 3 rings (SSSR count). The molecule has 7 nitrogen and oxygen atoms in total. The summed E-state index contributed by atoms with van der Waals surface area (Å²) in [5, 5.41) is 8.33. The van der Waals surface area contributed by atoms with Gasteiger partial charge in [0, 0.05) is 43.1 Å². The van der Waals surface area contributed by atoms with E-state index in [0.29, 0.717) is 24.4 Å². The van der Waals surface area contributed by atoms with Gasteiger partial charge in [0.15, 0.2) is 0 Å². The van der Waals surface area contributed by atoms with Crippen LogP contribution in [0.4, 0.5) is 16.2 Å². The molecule has 30 heavy (non-hydrogen) atoms. The molecule has 1 fully saturated rings. The largest absolute Gasteiger partial charge is 0.497 e. The monoisotopic (exact) mass is 410 g/mol. The van der Waals surface area contributed by atoms with Gasteiger partial charge < -0.3 is 25.6 Å². The van der Waals surface area contributed by atoms with E-state index in [-0.39, 0.29) is 11.9 Å². The van der Waals surface area contributed by atoms with Crippen molar-refractivity contribution in [3.8, 4) is 5.75 Å². The van der Waals surface area contributed by atoms with Gasteiger partial charge >= 0.3 is 6.03 Å². The van der Waals surface area contributed by atoms with E-state index >= 15 is 0 Å². The number of carbonyl (C=O) groups excluding carboxylic acids is 2. The van der Waals surface area contributed by atoms with Crippen LogP contribution in [-0.2, 0) is 0 Å². The number of hydrogen-bond acceptors (Lipinski definition) is 4. The SMILES string of the molecule is COc1cccc(C(=O)NCCNC(=O)Nc2ccc(N3CCC(C)CC3)cc2)c1. The van der Waals surface area contributed by atoms with Crippen LogP contribution in [0.1, 0.15) is 30.1 Å². The number of methoxy groups -OCH3 is 1. The molecule has 1 aliphatic heterocycles. The molecule has 1 heterocycles. The van der Waals surface area contributed by atoms with Gasteiger partial charge in [-0.1, -0.05) is 13.0 Å². The Hall–Kier alpha value is -3.22. The Balaban J connectivity index is 1.37. The van der Waals surface area contributed by atoms with E-state index in [1.807, 2.05) is 24.3 Å². The van der Waals surface area contributed by atoms with E-state index in [0.717, 1.165) is 24.7 Å². The molecule has 1 saturated heterocycles. The molecule has 3 N–H and O–H groups in total. The van der Waals surface area contributed by atoms with Gasteiger partial charge in [0.05, 0.1) is 7.11 Å². The van der Waals surface area contributed by atoms with Crippen LogP contribution in [0.15, 0.2) is 48.5 Å². The van der Waals surface area contributed by atoms with Crippen LogP contribution in [-0.4, -0.2) is 45.2 Å². The molecule has 0 saturated carbocycles. The number of ether oxygens (including phenoxy) is 1. The Labute approximate surface area is 177 Å². The van der Waals surface area contributed by atoms with E-state index in [1.165, 1.54) is 18.5 Å². The molecule has 1 aliphatic rings. The molecule has 7 heteroatoms. The van der Waals surface area contributed by atoms with Crippen LogP contribution in [0, 0.1) is 5.92 Å². The highest BCUT2D eigenvalue weighted by molar-refractivity contribution is 5.94. The topological polar surface area (TPSA) is 82.7 Å². The Morgan fingerprint density at radius 3 is 2.43 bits per heavy atom. The zero-order chi connectivity index (χ0) is 21.3. The normalized spacial score (nSPS) is 14.1. The molecule has 0 aromatic heterocycles. The predicted octanol–water partition coefficient (Wildman–Crippen LogP) is 3.48. The Morgan fingerprint density at radius 1 is 1.03 bits per heavy atom. The minimum atomic E-state index is -0.301. The second-order valence-electron chi connectivity index (χ2n) is 7.59. The summed E-state index contributed by atoms with van der Waals surface area (Å²) in [6.07, 6.45) is 2.44.